The van der Waals surface area contributed by atoms with E-state index in [1.807, 2.05) is 19.9 Å². The van der Waals surface area contributed by atoms with Gasteiger partial charge in [0.05, 0.1) is 6.10 Å². The summed E-state index contributed by atoms with van der Waals surface area (Å²) in [6, 6.07) is 2.16. The van der Waals surface area contributed by atoms with E-state index >= 15 is 0 Å². The summed E-state index contributed by atoms with van der Waals surface area (Å²) >= 11 is 5.99. The number of nitrogens with zero attached hydrogens (tertiary/aromatic N) is 4. The van der Waals surface area contributed by atoms with Gasteiger partial charge in [-0.2, -0.15) is 0 Å². The summed E-state index contributed by atoms with van der Waals surface area (Å²) in [6.45, 7) is 9.30. The molecule has 0 bridgehead atoms. The van der Waals surface area contributed by atoms with Gasteiger partial charge in [0.25, 0.3) is 0 Å². The predicted octanol–water partition coefficient (Wildman–Crippen LogP) is 1.33. The normalized spacial score (nSPS) is 22.6. The number of hydrogen-bond acceptors (Lipinski definition) is 5. The topological polar surface area (TPSA) is 52.5 Å². The zero-order valence-electron chi connectivity index (χ0n) is 11.7. The van der Waals surface area contributed by atoms with Gasteiger partial charge in [-0.3, -0.25) is 4.90 Å². The third-order valence-corrected chi connectivity index (χ3v) is 3.52. The predicted molar refractivity (Wildman–Crippen MR) is 76.7 cm³/mol. The molecule has 1 saturated heterocycles. The average molecular weight is 285 g/mol. The zero-order chi connectivity index (χ0) is 14.0. The van der Waals surface area contributed by atoms with Crippen molar-refractivity contribution in [2.75, 3.05) is 31.1 Å². The quantitative estimate of drug-likeness (QED) is 0.849. The molecule has 0 aromatic carbocycles. The Bertz CT molecular complexity index is 420. The number of rotatable bonds is 3. The highest BCUT2D eigenvalue weighted by molar-refractivity contribution is 6.29. The van der Waals surface area contributed by atoms with E-state index in [0.717, 1.165) is 32.0 Å². The van der Waals surface area contributed by atoms with E-state index in [4.69, 9.17) is 11.6 Å². The van der Waals surface area contributed by atoms with Gasteiger partial charge < -0.3 is 10.0 Å². The minimum Gasteiger partial charge on any atom is -0.392 e. The SMILES string of the molecule is Cc1nc(Cl)cc(N2CCN(CC(C)O)CC2C)n1. The first kappa shape index (κ1) is 14.5. The highest BCUT2D eigenvalue weighted by atomic mass is 35.5. The Hall–Kier alpha value is -0.910. The summed E-state index contributed by atoms with van der Waals surface area (Å²) in [7, 11) is 0. The molecule has 0 spiro atoms. The molecule has 2 atom stereocenters. The Kier molecular flexibility index (Phi) is 4.60. The number of aryl methyl sites for hydroxylation is 1. The van der Waals surface area contributed by atoms with Crippen molar-refractivity contribution >= 4 is 17.4 Å². The van der Waals surface area contributed by atoms with Crippen molar-refractivity contribution in [2.24, 2.45) is 0 Å². The largest absolute Gasteiger partial charge is 0.392 e. The maximum atomic E-state index is 9.45. The molecular weight excluding hydrogens is 264 g/mol. The van der Waals surface area contributed by atoms with Crippen LogP contribution in [-0.2, 0) is 0 Å². The number of aromatic nitrogens is 2. The van der Waals surface area contributed by atoms with Crippen molar-refractivity contribution < 1.29 is 5.11 Å². The lowest BCUT2D eigenvalue weighted by atomic mass is 10.2. The van der Waals surface area contributed by atoms with Crippen LogP contribution in [0, 0.1) is 6.92 Å². The highest BCUT2D eigenvalue weighted by Gasteiger charge is 2.25. The number of piperazine rings is 1. The lowest BCUT2D eigenvalue weighted by molar-refractivity contribution is 0.114. The first-order valence-corrected chi connectivity index (χ1v) is 7.01. The van der Waals surface area contributed by atoms with E-state index in [1.54, 1.807) is 0 Å². The molecule has 1 aromatic heterocycles. The van der Waals surface area contributed by atoms with Crippen molar-refractivity contribution in [1.29, 1.82) is 0 Å². The summed E-state index contributed by atoms with van der Waals surface area (Å²) in [6.07, 6.45) is -0.283. The Morgan fingerprint density at radius 3 is 2.79 bits per heavy atom. The number of β-amino-alcohol motifs (C(OH)–C–C–N with tert-alkyl or cyclic N) is 1. The van der Waals surface area contributed by atoms with E-state index in [2.05, 4.69) is 26.7 Å². The maximum absolute atomic E-state index is 9.45. The summed E-state index contributed by atoms with van der Waals surface area (Å²) in [5.74, 6) is 1.59. The van der Waals surface area contributed by atoms with Crippen molar-refractivity contribution in [3.63, 3.8) is 0 Å². The molecule has 0 saturated carbocycles. The molecule has 5 nitrogen and oxygen atoms in total. The fourth-order valence-corrected chi connectivity index (χ4v) is 2.80. The number of aliphatic hydroxyl groups excluding tert-OH is 1. The Labute approximate surface area is 119 Å². The molecule has 106 valence electrons. The van der Waals surface area contributed by atoms with E-state index < -0.39 is 0 Å². The molecule has 1 fully saturated rings. The number of halogens is 1. The van der Waals surface area contributed by atoms with Gasteiger partial charge in [-0.15, -0.1) is 0 Å². The van der Waals surface area contributed by atoms with Crippen molar-refractivity contribution in [3.05, 3.63) is 17.0 Å². The lowest BCUT2D eigenvalue weighted by Crippen LogP contribution is -2.53. The van der Waals surface area contributed by atoms with Crippen LogP contribution in [0.4, 0.5) is 5.82 Å². The maximum Gasteiger partial charge on any atom is 0.134 e. The Balaban J connectivity index is 2.07. The highest BCUT2D eigenvalue weighted by Crippen LogP contribution is 2.21. The van der Waals surface area contributed by atoms with Crippen LogP contribution in [0.15, 0.2) is 6.07 Å². The third kappa shape index (κ3) is 3.78. The minimum absolute atomic E-state index is 0.283. The van der Waals surface area contributed by atoms with Crippen molar-refractivity contribution in [3.8, 4) is 0 Å². The summed E-state index contributed by atoms with van der Waals surface area (Å²) in [5.41, 5.74) is 0. The van der Waals surface area contributed by atoms with Crippen LogP contribution in [0.25, 0.3) is 0 Å². The van der Waals surface area contributed by atoms with Crippen molar-refractivity contribution in [1.82, 2.24) is 14.9 Å². The van der Waals surface area contributed by atoms with Crippen LogP contribution in [0.2, 0.25) is 5.15 Å². The van der Waals surface area contributed by atoms with Crippen LogP contribution in [0.5, 0.6) is 0 Å². The number of anilines is 1. The fourth-order valence-electron chi connectivity index (χ4n) is 2.58. The van der Waals surface area contributed by atoms with Gasteiger partial charge in [0.1, 0.15) is 16.8 Å². The smallest absolute Gasteiger partial charge is 0.134 e. The van der Waals surface area contributed by atoms with E-state index in [0.29, 0.717) is 17.0 Å². The van der Waals surface area contributed by atoms with Gasteiger partial charge in [0.15, 0.2) is 0 Å². The van der Waals surface area contributed by atoms with E-state index in [-0.39, 0.29) is 6.10 Å². The molecule has 0 radical (unpaired) electrons. The molecule has 1 aromatic rings. The molecule has 2 heterocycles. The van der Waals surface area contributed by atoms with Gasteiger partial charge in [0, 0.05) is 38.3 Å². The number of aliphatic hydroxyl groups is 1. The Morgan fingerprint density at radius 1 is 1.47 bits per heavy atom. The molecule has 2 rings (SSSR count). The summed E-state index contributed by atoms with van der Waals surface area (Å²) in [5, 5.41) is 9.94. The Morgan fingerprint density at radius 2 is 2.21 bits per heavy atom. The average Bonchev–Trinajstić information content (AvgIpc) is 2.26. The molecule has 1 N–H and O–H groups in total. The lowest BCUT2D eigenvalue weighted by Gasteiger charge is -2.41. The second kappa shape index (κ2) is 6.03. The molecule has 0 aliphatic carbocycles. The van der Waals surface area contributed by atoms with Gasteiger partial charge in [-0.1, -0.05) is 11.6 Å². The standard InChI is InChI=1S/C13H21ClN4O/c1-9-7-17(8-10(2)19)4-5-18(9)13-6-12(14)15-11(3)16-13/h6,9-10,19H,4-5,7-8H2,1-3H3. The van der Waals surface area contributed by atoms with Crippen LogP contribution in [0.3, 0.4) is 0 Å². The molecular formula is C13H21ClN4O. The van der Waals surface area contributed by atoms with E-state index in [9.17, 15) is 5.11 Å². The monoisotopic (exact) mass is 284 g/mol. The zero-order valence-corrected chi connectivity index (χ0v) is 12.4. The van der Waals surface area contributed by atoms with Crippen LogP contribution >= 0.6 is 11.6 Å². The second-order valence-corrected chi connectivity index (χ2v) is 5.63. The molecule has 1 aliphatic heterocycles. The summed E-state index contributed by atoms with van der Waals surface area (Å²) in [4.78, 5) is 13.1. The van der Waals surface area contributed by atoms with Crippen molar-refractivity contribution in [2.45, 2.75) is 32.9 Å². The molecule has 6 heteroatoms. The third-order valence-electron chi connectivity index (χ3n) is 3.32. The first-order valence-electron chi connectivity index (χ1n) is 6.64. The molecule has 2 unspecified atom stereocenters. The van der Waals surface area contributed by atoms with E-state index in [1.165, 1.54) is 0 Å². The van der Waals surface area contributed by atoms with Gasteiger partial charge in [-0.25, -0.2) is 9.97 Å². The van der Waals surface area contributed by atoms with Crippen LogP contribution in [-0.4, -0.2) is 58.3 Å². The molecule has 1 aliphatic rings. The van der Waals surface area contributed by atoms with Crippen LogP contribution < -0.4 is 4.90 Å². The second-order valence-electron chi connectivity index (χ2n) is 5.25. The first-order chi connectivity index (χ1) is 8.95. The van der Waals surface area contributed by atoms with Crippen LogP contribution in [0.1, 0.15) is 19.7 Å². The fraction of sp³-hybridized carbons (Fsp3) is 0.692. The summed E-state index contributed by atoms with van der Waals surface area (Å²) < 4.78 is 0. The molecule has 0 amide bonds. The van der Waals surface area contributed by atoms with Gasteiger partial charge >= 0.3 is 0 Å². The van der Waals surface area contributed by atoms with Gasteiger partial charge in [0.2, 0.25) is 0 Å². The minimum atomic E-state index is -0.283. The number of hydrogen-bond donors (Lipinski definition) is 1. The van der Waals surface area contributed by atoms with Gasteiger partial charge in [-0.05, 0) is 20.8 Å². The molecule has 19 heavy (non-hydrogen) atoms.